The molecule has 35 heavy (non-hydrogen) atoms. The molecule has 0 atom stereocenters. The van der Waals surface area contributed by atoms with Gasteiger partial charge in [0.1, 0.15) is 29.1 Å². The van der Waals surface area contributed by atoms with Crippen LogP contribution in [0.15, 0.2) is 42.0 Å². The van der Waals surface area contributed by atoms with Gasteiger partial charge in [0, 0.05) is 0 Å². The minimum atomic E-state index is -4.69. The van der Waals surface area contributed by atoms with Gasteiger partial charge >= 0.3 is 6.18 Å². The highest BCUT2D eigenvalue weighted by atomic mass is 32.1. The molecular weight excluding hydrogens is 488 g/mol. The van der Waals surface area contributed by atoms with Crippen molar-refractivity contribution < 1.29 is 31.8 Å². The quantitative estimate of drug-likeness (QED) is 0.250. The Labute approximate surface area is 201 Å². The Bertz CT molecular complexity index is 1300. The fourth-order valence-electron chi connectivity index (χ4n) is 2.88. The monoisotopic (exact) mass is 506 g/mol. The van der Waals surface area contributed by atoms with Gasteiger partial charge in [0.25, 0.3) is 5.91 Å². The van der Waals surface area contributed by atoms with Crippen molar-refractivity contribution in [2.45, 2.75) is 26.1 Å². The van der Waals surface area contributed by atoms with Gasteiger partial charge in [-0.3, -0.25) is 10.1 Å². The molecule has 0 unspecified atom stereocenters. The van der Waals surface area contributed by atoms with Crippen LogP contribution in [-0.2, 0) is 24.0 Å². The number of nitrogens with one attached hydrogen (secondary N) is 1. The molecule has 0 radical (unpaired) electrons. The van der Waals surface area contributed by atoms with Crippen molar-refractivity contribution in [3.8, 4) is 17.6 Å². The molecule has 0 aliphatic carbocycles. The average Bonchev–Trinajstić information content (AvgIpc) is 3.28. The van der Waals surface area contributed by atoms with E-state index < -0.39 is 23.5 Å². The standard InChI is InChI=1S/C23H18F4N4O3S/c1-3-20-30-31-22(35-20)29-21(32)15(11-28)6-13-4-5-18(19(9-13)33-2)34-12-14-7-16(23(25,26)27)10-17(24)8-14/h4-10H,3,12H2,1-2H3,(H,29,31,32)/b15-6+. The number of nitriles is 1. The lowest BCUT2D eigenvalue weighted by atomic mass is 10.1. The number of ether oxygens (including phenoxy) is 2. The molecule has 1 amide bonds. The number of aryl methyl sites for hydroxylation is 1. The lowest BCUT2D eigenvalue weighted by Gasteiger charge is -2.13. The van der Waals surface area contributed by atoms with Gasteiger partial charge in [0.05, 0.1) is 12.7 Å². The highest BCUT2D eigenvalue weighted by molar-refractivity contribution is 7.15. The van der Waals surface area contributed by atoms with E-state index in [1.165, 1.54) is 42.7 Å². The Hall–Kier alpha value is -3.98. The molecule has 0 aliphatic heterocycles. The number of rotatable bonds is 8. The van der Waals surface area contributed by atoms with E-state index >= 15 is 0 Å². The van der Waals surface area contributed by atoms with Gasteiger partial charge in [-0.1, -0.05) is 24.3 Å². The molecule has 1 N–H and O–H groups in total. The Kier molecular flexibility index (Phi) is 8.03. The number of amides is 1. The summed E-state index contributed by atoms with van der Waals surface area (Å²) >= 11 is 1.20. The van der Waals surface area contributed by atoms with E-state index in [-0.39, 0.29) is 34.4 Å². The van der Waals surface area contributed by atoms with E-state index in [4.69, 9.17) is 9.47 Å². The summed E-state index contributed by atoms with van der Waals surface area (Å²) < 4.78 is 63.1. The third-order valence-electron chi connectivity index (χ3n) is 4.53. The lowest BCUT2D eigenvalue weighted by Crippen LogP contribution is -2.13. The number of alkyl halides is 3. The SMILES string of the molecule is CCc1nnc(NC(=O)/C(C#N)=C/c2ccc(OCc3cc(F)cc(C(F)(F)F)c3)c(OC)c2)s1. The average molecular weight is 506 g/mol. The van der Waals surface area contributed by atoms with Gasteiger partial charge in [-0.25, -0.2) is 4.39 Å². The maximum absolute atomic E-state index is 13.6. The summed E-state index contributed by atoms with van der Waals surface area (Å²) in [4.78, 5) is 12.4. The first-order chi connectivity index (χ1) is 16.6. The number of benzene rings is 2. The topological polar surface area (TPSA) is 97.1 Å². The molecule has 3 aromatic rings. The molecule has 0 bridgehead atoms. The number of carbonyl (C=O) groups is 1. The van der Waals surface area contributed by atoms with Gasteiger partial charge in [0.2, 0.25) is 5.13 Å². The minimum absolute atomic E-state index is 0.0188. The number of nitrogens with zero attached hydrogens (tertiary/aromatic N) is 3. The smallest absolute Gasteiger partial charge is 0.416 e. The van der Waals surface area contributed by atoms with Crippen LogP contribution in [0.4, 0.5) is 22.7 Å². The van der Waals surface area contributed by atoms with Crippen LogP contribution in [0.2, 0.25) is 0 Å². The second-order valence-corrected chi connectivity index (χ2v) is 8.09. The summed E-state index contributed by atoms with van der Waals surface area (Å²) in [6, 6.07) is 8.42. The summed E-state index contributed by atoms with van der Waals surface area (Å²) in [5, 5.41) is 20.6. The van der Waals surface area contributed by atoms with Gasteiger partial charge in [-0.15, -0.1) is 10.2 Å². The fourth-order valence-corrected chi connectivity index (χ4v) is 3.55. The summed E-state index contributed by atoms with van der Waals surface area (Å²) in [6.45, 7) is 1.55. The zero-order valence-electron chi connectivity index (χ0n) is 18.4. The predicted molar refractivity (Wildman–Crippen MR) is 120 cm³/mol. The van der Waals surface area contributed by atoms with Crippen molar-refractivity contribution in [3.63, 3.8) is 0 Å². The summed E-state index contributed by atoms with van der Waals surface area (Å²) in [5.41, 5.74) is -0.911. The number of hydrogen-bond donors (Lipinski definition) is 1. The Morgan fingerprint density at radius 3 is 2.60 bits per heavy atom. The molecule has 0 saturated carbocycles. The van der Waals surface area contributed by atoms with Crippen molar-refractivity contribution in [1.29, 1.82) is 5.26 Å². The first-order valence-electron chi connectivity index (χ1n) is 10.1. The molecule has 0 fully saturated rings. The van der Waals surface area contributed by atoms with E-state index in [9.17, 15) is 27.6 Å². The highest BCUT2D eigenvalue weighted by Gasteiger charge is 2.31. The zero-order chi connectivity index (χ0) is 25.6. The van der Waals surface area contributed by atoms with Gasteiger partial charge in [-0.2, -0.15) is 18.4 Å². The summed E-state index contributed by atoms with van der Waals surface area (Å²) in [7, 11) is 1.35. The van der Waals surface area contributed by atoms with Crippen molar-refractivity contribution in [1.82, 2.24) is 10.2 Å². The molecule has 1 heterocycles. The van der Waals surface area contributed by atoms with E-state index in [2.05, 4.69) is 15.5 Å². The summed E-state index contributed by atoms with van der Waals surface area (Å²) in [5.74, 6) is -1.34. The molecule has 7 nitrogen and oxygen atoms in total. The van der Waals surface area contributed by atoms with E-state index in [0.717, 1.165) is 17.1 Å². The van der Waals surface area contributed by atoms with E-state index in [1.54, 1.807) is 0 Å². The maximum Gasteiger partial charge on any atom is 0.416 e. The van der Waals surface area contributed by atoms with Crippen LogP contribution in [0, 0.1) is 17.1 Å². The number of methoxy groups -OCH3 is 1. The molecule has 182 valence electrons. The Morgan fingerprint density at radius 1 is 1.20 bits per heavy atom. The van der Waals surface area contributed by atoms with Crippen LogP contribution in [0.25, 0.3) is 6.08 Å². The number of aromatic nitrogens is 2. The normalized spacial score (nSPS) is 11.6. The van der Waals surface area contributed by atoms with Crippen molar-refractivity contribution in [2.24, 2.45) is 0 Å². The first kappa shape index (κ1) is 25.6. The molecule has 0 spiro atoms. The first-order valence-corrected chi connectivity index (χ1v) is 10.9. The maximum atomic E-state index is 13.6. The van der Waals surface area contributed by atoms with Gasteiger partial charge in [0.15, 0.2) is 11.5 Å². The summed E-state index contributed by atoms with van der Waals surface area (Å²) in [6.07, 6.45) is -2.71. The third-order valence-corrected chi connectivity index (χ3v) is 5.52. The largest absolute Gasteiger partial charge is 0.493 e. The van der Waals surface area contributed by atoms with Crippen LogP contribution >= 0.6 is 11.3 Å². The van der Waals surface area contributed by atoms with Crippen molar-refractivity contribution in [3.05, 3.63) is 69.5 Å². The van der Waals surface area contributed by atoms with Crippen LogP contribution in [0.3, 0.4) is 0 Å². The lowest BCUT2D eigenvalue weighted by molar-refractivity contribution is -0.137. The molecular formula is C23H18F4N4O3S. The molecule has 0 saturated heterocycles. The van der Waals surface area contributed by atoms with Gasteiger partial charge < -0.3 is 9.47 Å². The van der Waals surface area contributed by atoms with Crippen LogP contribution in [0.1, 0.15) is 28.6 Å². The second-order valence-electron chi connectivity index (χ2n) is 7.02. The Morgan fingerprint density at radius 2 is 1.97 bits per heavy atom. The van der Waals surface area contributed by atoms with Crippen LogP contribution < -0.4 is 14.8 Å². The number of halogens is 4. The number of hydrogen-bond acceptors (Lipinski definition) is 7. The van der Waals surface area contributed by atoms with Crippen molar-refractivity contribution in [2.75, 3.05) is 12.4 Å². The van der Waals surface area contributed by atoms with Gasteiger partial charge in [-0.05, 0) is 54.0 Å². The highest BCUT2D eigenvalue weighted by Crippen LogP contribution is 2.32. The zero-order valence-corrected chi connectivity index (χ0v) is 19.3. The molecule has 3 rings (SSSR count). The number of anilines is 1. The number of carbonyl (C=O) groups excluding carboxylic acids is 1. The van der Waals surface area contributed by atoms with Crippen LogP contribution in [-0.4, -0.2) is 23.2 Å². The molecule has 1 aromatic heterocycles. The fraction of sp³-hybridized carbons (Fsp3) is 0.217. The third kappa shape index (κ3) is 6.77. The second kappa shape index (κ2) is 11.0. The van der Waals surface area contributed by atoms with E-state index in [1.807, 2.05) is 13.0 Å². The predicted octanol–water partition coefficient (Wildman–Crippen LogP) is 5.39. The minimum Gasteiger partial charge on any atom is -0.493 e. The molecule has 0 aliphatic rings. The van der Waals surface area contributed by atoms with Crippen molar-refractivity contribution >= 4 is 28.5 Å². The molecule has 12 heteroatoms. The Balaban J connectivity index is 1.76. The van der Waals surface area contributed by atoms with E-state index in [0.29, 0.717) is 18.1 Å². The van der Waals surface area contributed by atoms with Crippen LogP contribution in [0.5, 0.6) is 11.5 Å². The molecule has 2 aromatic carbocycles.